The highest BCUT2D eigenvalue weighted by Gasteiger charge is 2.08. The van der Waals surface area contributed by atoms with Crippen LogP contribution in [0.2, 0.25) is 0 Å². The van der Waals surface area contributed by atoms with Crippen molar-refractivity contribution in [2.75, 3.05) is 11.9 Å². The van der Waals surface area contributed by atoms with Gasteiger partial charge in [0, 0.05) is 24.7 Å². The van der Waals surface area contributed by atoms with E-state index in [0.717, 1.165) is 16.8 Å². The third-order valence-corrected chi connectivity index (χ3v) is 3.85. The molecule has 0 saturated heterocycles. The quantitative estimate of drug-likeness (QED) is 0.846. The summed E-state index contributed by atoms with van der Waals surface area (Å²) < 4.78 is 0. The van der Waals surface area contributed by atoms with Crippen LogP contribution in [0.4, 0.5) is 5.69 Å². The summed E-state index contributed by atoms with van der Waals surface area (Å²) in [5, 5.41) is 6.40. The first kappa shape index (κ1) is 16.2. The molecule has 0 radical (unpaired) electrons. The van der Waals surface area contributed by atoms with Crippen LogP contribution in [0.1, 0.15) is 36.1 Å². The predicted octanol–water partition coefficient (Wildman–Crippen LogP) is 3.98. The number of nitrogens with one attached hydrogen (secondary N) is 2. The van der Waals surface area contributed by atoms with E-state index in [1.54, 1.807) is 0 Å². The number of hydrogen-bond acceptors (Lipinski definition) is 2. The Labute approximate surface area is 132 Å². The van der Waals surface area contributed by atoms with Gasteiger partial charge in [0.05, 0.1) is 0 Å². The second-order valence-electron chi connectivity index (χ2n) is 5.65. The van der Waals surface area contributed by atoms with Crippen LogP contribution in [0.25, 0.3) is 0 Å². The first-order chi connectivity index (χ1) is 10.6. The molecule has 0 saturated carbocycles. The Hall–Kier alpha value is -2.13. The van der Waals surface area contributed by atoms with E-state index < -0.39 is 0 Å². The zero-order chi connectivity index (χ0) is 15.9. The van der Waals surface area contributed by atoms with Crippen molar-refractivity contribution in [3.8, 4) is 0 Å². The number of carbonyl (C=O) groups is 1. The van der Waals surface area contributed by atoms with E-state index in [-0.39, 0.29) is 11.9 Å². The highest BCUT2D eigenvalue weighted by Crippen LogP contribution is 2.19. The molecule has 0 heterocycles. The van der Waals surface area contributed by atoms with Gasteiger partial charge in [-0.3, -0.25) is 4.79 Å². The molecule has 3 nitrogen and oxygen atoms in total. The second-order valence-corrected chi connectivity index (χ2v) is 5.65. The Morgan fingerprint density at radius 3 is 2.27 bits per heavy atom. The zero-order valence-corrected chi connectivity index (χ0v) is 13.5. The molecule has 0 aliphatic heterocycles. The lowest BCUT2D eigenvalue weighted by Crippen LogP contribution is -2.24. The van der Waals surface area contributed by atoms with Crippen molar-refractivity contribution in [3.05, 3.63) is 65.2 Å². The minimum atomic E-state index is 0.0464. The Bertz CT molecular complexity index is 602. The third kappa shape index (κ3) is 4.43. The Morgan fingerprint density at radius 1 is 1.00 bits per heavy atom. The van der Waals surface area contributed by atoms with E-state index in [2.05, 4.69) is 29.7 Å². The lowest BCUT2D eigenvalue weighted by atomic mass is 10.1. The van der Waals surface area contributed by atoms with Crippen molar-refractivity contribution < 1.29 is 4.79 Å². The number of hydrogen-bond donors (Lipinski definition) is 2. The molecule has 2 aromatic carbocycles. The average molecular weight is 296 g/mol. The monoisotopic (exact) mass is 296 g/mol. The summed E-state index contributed by atoms with van der Waals surface area (Å²) in [5.74, 6) is 0.0464. The standard InChI is InChI=1S/C19H24N2O/c1-14-8-7-9-15(2)19(14)21-18(22)12-13-20-16(3)17-10-5-4-6-11-17/h4-11,16,20H,12-13H2,1-3H3,(H,21,22). The Kier molecular flexibility index (Phi) is 5.73. The van der Waals surface area contributed by atoms with E-state index >= 15 is 0 Å². The van der Waals surface area contributed by atoms with E-state index in [0.29, 0.717) is 13.0 Å². The van der Waals surface area contributed by atoms with Crippen LogP contribution in [0.3, 0.4) is 0 Å². The molecule has 22 heavy (non-hydrogen) atoms. The summed E-state index contributed by atoms with van der Waals surface area (Å²) in [4.78, 5) is 12.1. The maximum absolute atomic E-state index is 12.1. The number of amides is 1. The van der Waals surface area contributed by atoms with E-state index in [1.165, 1.54) is 5.56 Å². The lowest BCUT2D eigenvalue weighted by Gasteiger charge is -2.15. The Morgan fingerprint density at radius 2 is 1.64 bits per heavy atom. The van der Waals surface area contributed by atoms with Gasteiger partial charge in [-0.1, -0.05) is 48.5 Å². The first-order valence-corrected chi connectivity index (χ1v) is 7.72. The zero-order valence-electron chi connectivity index (χ0n) is 13.5. The molecule has 0 fully saturated rings. The summed E-state index contributed by atoms with van der Waals surface area (Å²) in [6.07, 6.45) is 0.463. The van der Waals surface area contributed by atoms with Crippen LogP contribution in [-0.2, 0) is 4.79 Å². The normalized spacial score (nSPS) is 12.0. The molecule has 1 amide bonds. The first-order valence-electron chi connectivity index (χ1n) is 7.72. The number of anilines is 1. The van der Waals surface area contributed by atoms with E-state index in [4.69, 9.17) is 0 Å². The molecule has 1 unspecified atom stereocenters. The van der Waals surface area contributed by atoms with Gasteiger partial charge >= 0.3 is 0 Å². The van der Waals surface area contributed by atoms with Gasteiger partial charge in [0.25, 0.3) is 0 Å². The van der Waals surface area contributed by atoms with Crippen LogP contribution < -0.4 is 10.6 Å². The minimum absolute atomic E-state index is 0.0464. The fraction of sp³-hybridized carbons (Fsp3) is 0.316. The molecule has 2 aromatic rings. The van der Waals surface area contributed by atoms with Gasteiger partial charge in [0.15, 0.2) is 0 Å². The molecule has 3 heteroatoms. The van der Waals surface area contributed by atoms with Crippen molar-refractivity contribution in [3.63, 3.8) is 0 Å². The largest absolute Gasteiger partial charge is 0.326 e. The minimum Gasteiger partial charge on any atom is -0.326 e. The number of aryl methyl sites for hydroxylation is 2. The molecule has 116 valence electrons. The summed E-state index contributed by atoms with van der Waals surface area (Å²) in [6.45, 7) is 6.79. The number of carbonyl (C=O) groups excluding carboxylic acids is 1. The molecular formula is C19H24N2O. The molecule has 2 rings (SSSR count). The highest BCUT2D eigenvalue weighted by atomic mass is 16.1. The predicted molar refractivity (Wildman–Crippen MR) is 92.0 cm³/mol. The van der Waals surface area contributed by atoms with Crippen LogP contribution in [-0.4, -0.2) is 12.5 Å². The van der Waals surface area contributed by atoms with Gasteiger partial charge in [-0.2, -0.15) is 0 Å². The van der Waals surface area contributed by atoms with Gasteiger partial charge in [0.2, 0.25) is 5.91 Å². The maximum Gasteiger partial charge on any atom is 0.225 e. The van der Waals surface area contributed by atoms with E-state index in [1.807, 2.05) is 50.2 Å². The topological polar surface area (TPSA) is 41.1 Å². The average Bonchev–Trinajstić information content (AvgIpc) is 2.52. The summed E-state index contributed by atoms with van der Waals surface area (Å²) in [5.41, 5.74) is 4.36. The van der Waals surface area contributed by atoms with Crippen LogP contribution in [0.15, 0.2) is 48.5 Å². The van der Waals surface area contributed by atoms with Gasteiger partial charge in [-0.15, -0.1) is 0 Å². The van der Waals surface area contributed by atoms with Crippen molar-refractivity contribution in [2.24, 2.45) is 0 Å². The molecule has 0 aliphatic carbocycles. The fourth-order valence-corrected chi connectivity index (χ4v) is 2.48. The summed E-state index contributed by atoms with van der Waals surface area (Å²) in [6, 6.07) is 16.5. The summed E-state index contributed by atoms with van der Waals surface area (Å²) in [7, 11) is 0. The van der Waals surface area contributed by atoms with Gasteiger partial charge in [0.1, 0.15) is 0 Å². The molecule has 0 aromatic heterocycles. The number of benzene rings is 2. The van der Waals surface area contributed by atoms with Crippen molar-refractivity contribution >= 4 is 11.6 Å². The lowest BCUT2D eigenvalue weighted by molar-refractivity contribution is -0.116. The molecule has 0 spiro atoms. The van der Waals surface area contributed by atoms with Crippen molar-refractivity contribution in [2.45, 2.75) is 33.2 Å². The fourth-order valence-electron chi connectivity index (χ4n) is 2.48. The second kappa shape index (κ2) is 7.76. The SMILES string of the molecule is Cc1cccc(C)c1NC(=O)CCNC(C)c1ccccc1. The molecule has 1 atom stereocenters. The van der Waals surface area contributed by atoms with Gasteiger partial charge < -0.3 is 10.6 Å². The van der Waals surface area contributed by atoms with Gasteiger partial charge in [-0.05, 0) is 37.5 Å². The van der Waals surface area contributed by atoms with Crippen LogP contribution in [0, 0.1) is 13.8 Å². The number of rotatable bonds is 6. The smallest absolute Gasteiger partial charge is 0.225 e. The maximum atomic E-state index is 12.1. The summed E-state index contributed by atoms with van der Waals surface area (Å²) >= 11 is 0. The number of para-hydroxylation sites is 1. The Balaban J connectivity index is 1.81. The van der Waals surface area contributed by atoms with Crippen molar-refractivity contribution in [1.29, 1.82) is 0 Å². The van der Waals surface area contributed by atoms with E-state index in [9.17, 15) is 4.79 Å². The third-order valence-electron chi connectivity index (χ3n) is 3.85. The molecule has 2 N–H and O–H groups in total. The highest BCUT2D eigenvalue weighted by molar-refractivity contribution is 5.92. The molecule has 0 aliphatic rings. The van der Waals surface area contributed by atoms with Crippen LogP contribution >= 0.6 is 0 Å². The molecule has 0 bridgehead atoms. The van der Waals surface area contributed by atoms with Crippen LogP contribution in [0.5, 0.6) is 0 Å². The van der Waals surface area contributed by atoms with Gasteiger partial charge in [-0.25, -0.2) is 0 Å². The van der Waals surface area contributed by atoms with Crippen molar-refractivity contribution in [1.82, 2.24) is 5.32 Å². The molecular weight excluding hydrogens is 272 g/mol.